The highest BCUT2D eigenvalue weighted by Gasteiger charge is 2.41. The van der Waals surface area contributed by atoms with Gasteiger partial charge in [0.15, 0.2) is 0 Å². The summed E-state index contributed by atoms with van der Waals surface area (Å²) in [6, 6.07) is 2.36. The van der Waals surface area contributed by atoms with E-state index < -0.39 is 29.6 Å². The number of hydrogen-bond acceptors (Lipinski definition) is 4. The minimum atomic E-state index is -1.95. The quantitative estimate of drug-likeness (QED) is 0.672. The molecule has 0 saturated heterocycles. The summed E-state index contributed by atoms with van der Waals surface area (Å²) in [7, 11) is 5.73. The number of ether oxygens (including phenoxy) is 1. The molecule has 0 saturated carbocycles. The van der Waals surface area contributed by atoms with Gasteiger partial charge in [0, 0.05) is 11.1 Å². The zero-order valence-corrected chi connectivity index (χ0v) is 10.1. The number of rotatable bonds is 2. The van der Waals surface area contributed by atoms with Crippen LogP contribution in [0.4, 0.5) is 4.39 Å². The first kappa shape index (κ1) is 13.3. The van der Waals surface area contributed by atoms with Gasteiger partial charge in [0.05, 0.1) is 5.50 Å². The molecule has 1 aliphatic heterocycles. The molecule has 1 aromatic carbocycles. The second-order valence-electron chi connectivity index (χ2n) is 4.77. The lowest BCUT2D eigenvalue weighted by Gasteiger charge is -2.31. The van der Waals surface area contributed by atoms with E-state index in [1.165, 1.54) is 6.07 Å². The zero-order valence-electron chi connectivity index (χ0n) is 10.1. The Kier molecular flexibility index (Phi) is 3.13. The Hall–Kier alpha value is -1.11. The van der Waals surface area contributed by atoms with Gasteiger partial charge in [-0.2, -0.15) is 0 Å². The highest BCUT2D eigenvalue weighted by Crippen LogP contribution is 2.44. The van der Waals surface area contributed by atoms with Crippen LogP contribution in [-0.4, -0.2) is 29.5 Å². The summed E-state index contributed by atoms with van der Waals surface area (Å²) in [6.45, 7) is 3.24. The number of halogens is 1. The van der Waals surface area contributed by atoms with Crippen molar-refractivity contribution in [3.05, 3.63) is 29.1 Å². The van der Waals surface area contributed by atoms with E-state index in [2.05, 4.69) is 0 Å². The topological polar surface area (TPSA) is 69.9 Å². The van der Waals surface area contributed by atoms with E-state index in [0.29, 0.717) is 0 Å². The first-order valence-corrected chi connectivity index (χ1v) is 5.63. The molecule has 1 aliphatic rings. The molecule has 0 aliphatic carbocycles. The summed E-state index contributed by atoms with van der Waals surface area (Å²) in [5.74, 6) is -1.11. The zero-order chi connectivity index (χ0) is 13.7. The third kappa shape index (κ3) is 1.81. The van der Waals surface area contributed by atoms with Gasteiger partial charge in [-0.25, -0.2) is 4.39 Å². The van der Waals surface area contributed by atoms with Gasteiger partial charge >= 0.3 is 0 Å². The average Bonchev–Trinajstić information content (AvgIpc) is 2.55. The van der Waals surface area contributed by atoms with Crippen molar-refractivity contribution in [2.45, 2.75) is 31.7 Å². The van der Waals surface area contributed by atoms with Crippen LogP contribution in [0.5, 0.6) is 5.75 Å². The van der Waals surface area contributed by atoms with Crippen LogP contribution in [-0.2, 0) is 5.50 Å². The molecule has 0 fully saturated rings. The third-order valence-corrected chi connectivity index (χ3v) is 3.25. The Morgan fingerprint density at radius 3 is 2.56 bits per heavy atom. The molecule has 3 atom stereocenters. The van der Waals surface area contributed by atoms with E-state index in [4.69, 9.17) is 12.6 Å². The summed E-state index contributed by atoms with van der Waals surface area (Å²) in [6.07, 6.45) is -2.91. The molecular weight excluding hydrogens is 238 g/mol. The number of aliphatic hydroxyl groups is 3. The molecule has 0 spiro atoms. The summed E-state index contributed by atoms with van der Waals surface area (Å²) in [4.78, 5) is 0. The second-order valence-corrected chi connectivity index (χ2v) is 4.77. The smallest absolute Gasteiger partial charge is 0.228 e. The van der Waals surface area contributed by atoms with Crippen molar-refractivity contribution in [3.63, 3.8) is 0 Å². The van der Waals surface area contributed by atoms with Crippen LogP contribution in [0, 0.1) is 11.7 Å². The van der Waals surface area contributed by atoms with Crippen LogP contribution < -0.4 is 4.74 Å². The molecule has 2 rings (SSSR count). The molecule has 18 heavy (non-hydrogen) atoms. The molecule has 1 aromatic rings. The Morgan fingerprint density at radius 1 is 1.39 bits per heavy atom. The Labute approximate surface area is 105 Å². The van der Waals surface area contributed by atoms with Crippen LogP contribution in [0.1, 0.15) is 31.1 Å². The van der Waals surface area contributed by atoms with Crippen LogP contribution in [0.25, 0.3) is 0 Å². The van der Waals surface area contributed by atoms with Crippen LogP contribution in [0.2, 0.25) is 0 Å². The van der Waals surface area contributed by atoms with Gasteiger partial charge in [0.1, 0.15) is 25.5 Å². The van der Waals surface area contributed by atoms with Gasteiger partial charge in [-0.1, -0.05) is 13.8 Å². The van der Waals surface area contributed by atoms with E-state index >= 15 is 0 Å². The number of hydrogen-bond donors (Lipinski definition) is 3. The van der Waals surface area contributed by atoms with Crippen molar-refractivity contribution in [2.24, 2.45) is 5.92 Å². The highest BCUT2D eigenvalue weighted by molar-refractivity contribution is 6.15. The van der Waals surface area contributed by atoms with E-state index in [9.17, 15) is 19.7 Å². The Morgan fingerprint density at radius 2 is 2.00 bits per heavy atom. The van der Waals surface area contributed by atoms with E-state index in [0.717, 1.165) is 6.07 Å². The standard InChI is InChI=1S/C12H14BFO4/c1-5(2)12(13,17)9-6(14)3-4-7-8(9)10(15)11(16)18-7/h3-5,10-11,15-17H,1-2H3. The van der Waals surface area contributed by atoms with Crippen molar-refractivity contribution in [3.8, 4) is 5.75 Å². The lowest BCUT2D eigenvalue weighted by Crippen LogP contribution is -2.35. The largest absolute Gasteiger partial charge is 0.462 e. The molecule has 96 valence electrons. The van der Waals surface area contributed by atoms with E-state index in [-0.39, 0.29) is 16.9 Å². The van der Waals surface area contributed by atoms with Crippen molar-refractivity contribution in [2.75, 3.05) is 0 Å². The molecule has 4 nitrogen and oxygen atoms in total. The Bertz CT molecular complexity index is 475. The molecule has 3 unspecified atom stereocenters. The molecule has 0 aromatic heterocycles. The molecule has 3 N–H and O–H groups in total. The van der Waals surface area contributed by atoms with Crippen molar-refractivity contribution < 1.29 is 24.4 Å². The van der Waals surface area contributed by atoms with Gasteiger partial charge in [0.25, 0.3) is 0 Å². The maximum absolute atomic E-state index is 13.9. The molecule has 0 bridgehead atoms. The fourth-order valence-electron chi connectivity index (χ4n) is 2.00. The van der Waals surface area contributed by atoms with Crippen molar-refractivity contribution in [1.82, 2.24) is 0 Å². The molecule has 1 heterocycles. The molecular formula is C12H14BFO4. The number of benzene rings is 1. The first-order chi connectivity index (χ1) is 8.26. The van der Waals surface area contributed by atoms with E-state index in [1.54, 1.807) is 13.8 Å². The van der Waals surface area contributed by atoms with Crippen molar-refractivity contribution in [1.29, 1.82) is 0 Å². The van der Waals surface area contributed by atoms with Crippen molar-refractivity contribution >= 4 is 7.85 Å². The number of fused-ring (bicyclic) bond motifs is 1. The second kappa shape index (κ2) is 4.22. The number of aliphatic hydroxyl groups excluding tert-OH is 2. The Balaban J connectivity index is 2.66. The minimum absolute atomic E-state index is 0.00111. The van der Waals surface area contributed by atoms with Crippen LogP contribution >= 0.6 is 0 Å². The van der Waals surface area contributed by atoms with Gasteiger partial charge < -0.3 is 20.1 Å². The highest BCUT2D eigenvalue weighted by atomic mass is 19.1. The van der Waals surface area contributed by atoms with E-state index in [1.807, 2.05) is 0 Å². The van der Waals surface area contributed by atoms with Crippen LogP contribution in [0.3, 0.4) is 0 Å². The lowest BCUT2D eigenvalue weighted by molar-refractivity contribution is -0.0833. The first-order valence-electron chi connectivity index (χ1n) is 5.63. The van der Waals surface area contributed by atoms with Gasteiger partial charge in [-0.15, -0.1) is 0 Å². The summed E-state index contributed by atoms with van der Waals surface area (Å²) < 4.78 is 18.9. The SMILES string of the molecule is [B]C(O)(c1c(F)ccc2c1C(O)C(O)O2)C(C)C. The molecule has 6 heteroatoms. The predicted molar refractivity (Wildman–Crippen MR) is 62.5 cm³/mol. The monoisotopic (exact) mass is 252 g/mol. The summed E-state index contributed by atoms with van der Waals surface area (Å²) in [5, 5.41) is 29.4. The van der Waals surface area contributed by atoms with Gasteiger partial charge in [-0.3, -0.25) is 0 Å². The predicted octanol–water partition coefficient (Wildman–Crippen LogP) is 0.539. The molecule has 0 amide bonds. The fraction of sp³-hybridized carbons (Fsp3) is 0.500. The van der Waals surface area contributed by atoms with Gasteiger partial charge in [-0.05, 0) is 18.1 Å². The third-order valence-electron chi connectivity index (χ3n) is 3.25. The molecule has 2 radical (unpaired) electrons. The average molecular weight is 252 g/mol. The normalized spacial score (nSPS) is 25.7. The minimum Gasteiger partial charge on any atom is -0.462 e. The maximum atomic E-state index is 13.9. The summed E-state index contributed by atoms with van der Waals surface area (Å²) in [5.41, 5.74) is -2.19. The van der Waals surface area contributed by atoms with Gasteiger partial charge in [0.2, 0.25) is 6.29 Å². The maximum Gasteiger partial charge on any atom is 0.228 e. The summed E-state index contributed by atoms with van der Waals surface area (Å²) >= 11 is 0. The fourth-order valence-corrected chi connectivity index (χ4v) is 2.00. The van der Waals surface area contributed by atoms with Crippen LogP contribution in [0.15, 0.2) is 12.1 Å². The lowest BCUT2D eigenvalue weighted by atomic mass is 9.66.